The normalized spacial score (nSPS) is 18.5. The Morgan fingerprint density at radius 2 is 1.88 bits per heavy atom. The van der Waals surface area contributed by atoms with E-state index in [4.69, 9.17) is 9.47 Å². The first-order valence-electron chi connectivity index (χ1n) is 11.3. The SMILES string of the molecule is COc1cc2c(CN3C(=O)CCC3(C)C(=O)OC(C)C)cc3ccc(C)cc3c2cc1CO. The lowest BCUT2D eigenvalue weighted by Crippen LogP contribution is -2.50. The van der Waals surface area contributed by atoms with E-state index in [2.05, 4.69) is 24.3 Å². The van der Waals surface area contributed by atoms with Gasteiger partial charge >= 0.3 is 5.97 Å². The van der Waals surface area contributed by atoms with Crippen LogP contribution in [0.25, 0.3) is 21.5 Å². The van der Waals surface area contributed by atoms with Gasteiger partial charge in [-0.3, -0.25) is 4.79 Å². The van der Waals surface area contributed by atoms with Gasteiger partial charge in [-0.15, -0.1) is 0 Å². The van der Waals surface area contributed by atoms with E-state index in [0.29, 0.717) is 24.2 Å². The third-order valence-electron chi connectivity index (χ3n) is 6.60. The summed E-state index contributed by atoms with van der Waals surface area (Å²) in [6.45, 7) is 7.60. The molecule has 6 heteroatoms. The second-order valence-electron chi connectivity index (χ2n) is 9.34. The van der Waals surface area contributed by atoms with Crippen molar-refractivity contribution in [2.45, 2.75) is 65.3 Å². The number of nitrogens with zero attached hydrogens (tertiary/aromatic N) is 1. The molecule has 6 nitrogen and oxygen atoms in total. The quantitative estimate of drug-likeness (QED) is 0.438. The number of benzene rings is 3. The van der Waals surface area contributed by atoms with Crippen molar-refractivity contribution in [3.05, 3.63) is 53.1 Å². The number of ether oxygens (including phenoxy) is 2. The average Bonchev–Trinajstić information content (AvgIpc) is 3.07. The molecule has 0 radical (unpaired) electrons. The summed E-state index contributed by atoms with van der Waals surface area (Å²) in [7, 11) is 1.58. The number of hydrogen-bond acceptors (Lipinski definition) is 5. The average molecular weight is 450 g/mol. The van der Waals surface area contributed by atoms with Gasteiger partial charge in [0.1, 0.15) is 11.3 Å². The van der Waals surface area contributed by atoms with Crippen molar-refractivity contribution in [2.24, 2.45) is 0 Å². The maximum atomic E-state index is 13.0. The Balaban J connectivity index is 1.89. The lowest BCUT2D eigenvalue weighted by atomic mass is 9.93. The molecule has 1 saturated heterocycles. The summed E-state index contributed by atoms with van der Waals surface area (Å²) >= 11 is 0. The van der Waals surface area contributed by atoms with Gasteiger partial charge in [0, 0.05) is 18.5 Å². The second-order valence-corrected chi connectivity index (χ2v) is 9.34. The molecular weight excluding hydrogens is 418 g/mol. The van der Waals surface area contributed by atoms with E-state index >= 15 is 0 Å². The van der Waals surface area contributed by atoms with Gasteiger partial charge < -0.3 is 19.5 Å². The van der Waals surface area contributed by atoms with Crippen LogP contribution in [0.15, 0.2) is 36.4 Å². The fourth-order valence-corrected chi connectivity index (χ4v) is 4.73. The van der Waals surface area contributed by atoms with Crippen molar-refractivity contribution in [2.75, 3.05) is 7.11 Å². The van der Waals surface area contributed by atoms with Gasteiger partial charge in [-0.25, -0.2) is 4.79 Å². The summed E-state index contributed by atoms with van der Waals surface area (Å²) in [6, 6.07) is 12.2. The van der Waals surface area contributed by atoms with Gasteiger partial charge in [-0.2, -0.15) is 0 Å². The fraction of sp³-hybridized carbons (Fsp3) is 0.407. The highest BCUT2D eigenvalue weighted by Crippen LogP contribution is 2.38. The molecule has 1 aliphatic heterocycles. The lowest BCUT2D eigenvalue weighted by molar-refractivity contribution is -0.162. The van der Waals surface area contributed by atoms with Crippen molar-refractivity contribution in [3.8, 4) is 5.75 Å². The van der Waals surface area contributed by atoms with E-state index in [1.54, 1.807) is 18.9 Å². The molecular formula is C27H31NO5. The lowest BCUT2D eigenvalue weighted by Gasteiger charge is -2.34. The van der Waals surface area contributed by atoms with Crippen LogP contribution in [0.3, 0.4) is 0 Å². The van der Waals surface area contributed by atoms with E-state index in [-0.39, 0.29) is 31.1 Å². The number of aliphatic hydroxyl groups is 1. The predicted molar refractivity (Wildman–Crippen MR) is 128 cm³/mol. The highest BCUT2D eigenvalue weighted by molar-refractivity contribution is 6.10. The van der Waals surface area contributed by atoms with Crippen molar-refractivity contribution < 1.29 is 24.2 Å². The molecule has 1 atom stereocenters. The van der Waals surface area contributed by atoms with E-state index < -0.39 is 5.54 Å². The second kappa shape index (κ2) is 8.67. The third-order valence-corrected chi connectivity index (χ3v) is 6.60. The Labute approximate surface area is 194 Å². The van der Waals surface area contributed by atoms with Crippen LogP contribution >= 0.6 is 0 Å². The van der Waals surface area contributed by atoms with Gasteiger partial charge in [0.05, 0.1) is 19.8 Å². The summed E-state index contributed by atoms with van der Waals surface area (Å²) in [4.78, 5) is 27.5. The summed E-state index contributed by atoms with van der Waals surface area (Å²) in [5.41, 5.74) is 1.75. The zero-order valence-corrected chi connectivity index (χ0v) is 19.9. The molecule has 1 N–H and O–H groups in total. The summed E-state index contributed by atoms with van der Waals surface area (Å²) < 4.78 is 11.0. The molecule has 3 aromatic rings. The van der Waals surface area contributed by atoms with Gasteiger partial charge in [0.2, 0.25) is 5.91 Å². The third kappa shape index (κ3) is 4.04. The van der Waals surface area contributed by atoms with E-state index in [1.807, 2.05) is 32.9 Å². The van der Waals surface area contributed by atoms with E-state index in [9.17, 15) is 14.7 Å². The largest absolute Gasteiger partial charge is 0.496 e. The Morgan fingerprint density at radius 1 is 1.12 bits per heavy atom. The van der Waals surface area contributed by atoms with E-state index in [1.165, 1.54) is 0 Å². The summed E-state index contributed by atoms with van der Waals surface area (Å²) in [5, 5.41) is 13.9. The van der Waals surface area contributed by atoms with Crippen LogP contribution in [-0.4, -0.2) is 40.6 Å². The van der Waals surface area contributed by atoms with Crippen LogP contribution in [0.2, 0.25) is 0 Å². The van der Waals surface area contributed by atoms with Crippen LogP contribution in [0, 0.1) is 6.92 Å². The maximum absolute atomic E-state index is 13.0. The zero-order chi connectivity index (χ0) is 23.9. The molecule has 1 fully saturated rings. The highest BCUT2D eigenvalue weighted by atomic mass is 16.5. The smallest absolute Gasteiger partial charge is 0.332 e. The molecule has 1 aliphatic rings. The number of rotatable bonds is 6. The number of hydrogen-bond donors (Lipinski definition) is 1. The number of aliphatic hydroxyl groups excluding tert-OH is 1. The molecule has 33 heavy (non-hydrogen) atoms. The Bertz CT molecular complexity index is 1250. The molecule has 0 spiro atoms. The molecule has 0 aliphatic carbocycles. The Hall–Kier alpha value is -3.12. The van der Waals surface area contributed by atoms with Crippen LogP contribution < -0.4 is 4.74 Å². The van der Waals surface area contributed by atoms with Crippen molar-refractivity contribution in [1.29, 1.82) is 0 Å². The Kier molecular flexibility index (Phi) is 6.06. The monoisotopic (exact) mass is 449 g/mol. The van der Waals surface area contributed by atoms with Crippen LogP contribution in [-0.2, 0) is 27.5 Å². The minimum absolute atomic E-state index is 0.0608. The number of aryl methyl sites for hydroxylation is 1. The van der Waals surface area contributed by atoms with E-state index in [0.717, 1.165) is 32.7 Å². The highest BCUT2D eigenvalue weighted by Gasteiger charge is 2.48. The van der Waals surface area contributed by atoms with Crippen LogP contribution in [0.5, 0.6) is 5.75 Å². The predicted octanol–water partition coefficient (Wildman–Crippen LogP) is 4.64. The van der Waals surface area contributed by atoms with Gasteiger partial charge in [0.25, 0.3) is 0 Å². The Morgan fingerprint density at radius 3 is 2.55 bits per heavy atom. The first-order chi connectivity index (χ1) is 15.7. The molecule has 4 rings (SSSR count). The molecule has 0 aromatic heterocycles. The maximum Gasteiger partial charge on any atom is 0.332 e. The van der Waals surface area contributed by atoms with Crippen molar-refractivity contribution in [3.63, 3.8) is 0 Å². The van der Waals surface area contributed by atoms with Gasteiger partial charge in [-0.05, 0) is 79.4 Å². The fourth-order valence-electron chi connectivity index (χ4n) is 4.73. The first-order valence-corrected chi connectivity index (χ1v) is 11.3. The van der Waals surface area contributed by atoms with Crippen LogP contribution in [0.4, 0.5) is 0 Å². The summed E-state index contributed by atoms with van der Waals surface area (Å²) in [5.74, 6) is 0.159. The number of likely N-dealkylation sites (tertiary alicyclic amines) is 1. The molecule has 3 aromatic carbocycles. The summed E-state index contributed by atoms with van der Waals surface area (Å²) in [6.07, 6.45) is 0.490. The number of amides is 1. The molecule has 1 unspecified atom stereocenters. The number of carbonyl (C=O) groups is 2. The van der Waals surface area contributed by atoms with Gasteiger partial charge in [-0.1, -0.05) is 23.8 Å². The van der Waals surface area contributed by atoms with Crippen LogP contribution in [0.1, 0.15) is 50.3 Å². The van der Waals surface area contributed by atoms with Crippen molar-refractivity contribution in [1.82, 2.24) is 4.90 Å². The standard InChI is InChI=1S/C27H31NO5/c1-16(2)33-26(31)27(4)9-8-25(30)28(27)14-19-11-18-7-6-17(3)10-21(18)23-12-20(15-29)24(32-5)13-22(19)23/h6-7,10-13,16,29H,8-9,14-15H2,1-5H3. The molecule has 174 valence electrons. The number of esters is 1. The number of methoxy groups -OCH3 is 1. The molecule has 0 saturated carbocycles. The number of fused-ring (bicyclic) bond motifs is 3. The minimum Gasteiger partial charge on any atom is -0.496 e. The minimum atomic E-state index is -1.01. The molecule has 1 amide bonds. The molecule has 1 heterocycles. The number of carbonyl (C=O) groups excluding carboxylic acids is 2. The van der Waals surface area contributed by atoms with Gasteiger partial charge in [0.15, 0.2) is 0 Å². The molecule has 0 bridgehead atoms. The topological polar surface area (TPSA) is 76.1 Å². The van der Waals surface area contributed by atoms with Crippen molar-refractivity contribution >= 4 is 33.4 Å². The zero-order valence-electron chi connectivity index (χ0n) is 19.9. The first kappa shape index (κ1) is 23.1.